The third kappa shape index (κ3) is 1.79. The highest BCUT2D eigenvalue weighted by atomic mass is 15.5. The molecule has 0 fully saturated rings. The molecule has 2 heteroatoms. The van der Waals surface area contributed by atoms with Crippen LogP contribution in [0, 0.1) is 5.92 Å². The van der Waals surface area contributed by atoms with Crippen molar-refractivity contribution >= 4 is 6.21 Å². The van der Waals surface area contributed by atoms with Crippen molar-refractivity contribution in [1.82, 2.24) is 5.01 Å². The van der Waals surface area contributed by atoms with Crippen molar-refractivity contribution < 1.29 is 0 Å². The zero-order valence-electron chi connectivity index (χ0n) is 8.72. The molecule has 2 unspecified atom stereocenters. The van der Waals surface area contributed by atoms with E-state index in [1.165, 1.54) is 5.56 Å². The van der Waals surface area contributed by atoms with E-state index in [-0.39, 0.29) is 0 Å². The van der Waals surface area contributed by atoms with E-state index in [2.05, 4.69) is 47.4 Å². The standard InChI is InChI=1S/C12H16N2/c1-10-9-13-14(2)12(10)8-11-6-4-3-5-7-11/h3-7,9-10,12H,8H2,1-2H3. The Morgan fingerprint density at radius 2 is 2.00 bits per heavy atom. The van der Waals surface area contributed by atoms with Crippen molar-refractivity contribution in [1.29, 1.82) is 0 Å². The van der Waals surface area contributed by atoms with Gasteiger partial charge in [-0.15, -0.1) is 0 Å². The van der Waals surface area contributed by atoms with E-state index < -0.39 is 0 Å². The Morgan fingerprint density at radius 1 is 1.29 bits per heavy atom. The van der Waals surface area contributed by atoms with Crippen LogP contribution >= 0.6 is 0 Å². The van der Waals surface area contributed by atoms with Crippen molar-refractivity contribution in [3.8, 4) is 0 Å². The van der Waals surface area contributed by atoms with Gasteiger partial charge in [0.15, 0.2) is 0 Å². The maximum atomic E-state index is 4.30. The summed E-state index contributed by atoms with van der Waals surface area (Å²) in [6.07, 6.45) is 3.12. The summed E-state index contributed by atoms with van der Waals surface area (Å²) >= 11 is 0. The average Bonchev–Trinajstić information content (AvgIpc) is 2.51. The monoisotopic (exact) mass is 188 g/mol. The van der Waals surface area contributed by atoms with Crippen LogP contribution in [0.1, 0.15) is 12.5 Å². The van der Waals surface area contributed by atoms with Crippen LogP contribution in [0.2, 0.25) is 0 Å². The molecule has 0 spiro atoms. The zero-order valence-corrected chi connectivity index (χ0v) is 8.72. The summed E-state index contributed by atoms with van der Waals surface area (Å²) < 4.78 is 0. The lowest BCUT2D eigenvalue weighted by Crippen LogP contribution is -2.30. The van der Waals surface area contributed by atoms with Gasteiger partial charge in [-0.1, -0.05) is 37.3 Å². The van der Waals surface area contributed by atoms with Crippen LogP contribution in [-0.2, 0) is 6.42 Å². The van der Waals surface area contributed by atoms with Gasteiger partial charge in [-0.05, 0) is 12.0 Å². The summed E-state index contributed by atoms with van der Waals surface area (Å²) in [4.78, 5) is 0. The Morgan fingerprint density at radius 3 is 2.57 bits per heavy atom. The van der Waals surface area contributed by atoms with Gasteiger partial charge in [0.1, 0.15) is 0 Å². The first-order valence-corrected chi connectivity index (χ1v) is 5.08. The van der Waals surface area contributed by atoms with Crippen LogP contribution in [0.4, 0.5) is 0 Å². The summed E-state index contributed by atoms with van der Waals surface area (Å²) in [5.74, 6) is 0.556. The summed E-state index contributed by atoms with van der Waals surface area (Å²) in [7, 11) is 2.05. The second kappa shape index (κ2) is 3.82. The Balaban J connectivity index is 2.05. The lowest BCUT2D eigenvalue weighted by Gasteiger charge is -2.22. The van der Waals surface area contributed by atoms with Gasteiger partial charge in [0.05, 0.1) is 6.04 Å². The van der Waals surface area contributed by atoms with Gasteiger partial charge < -0.3 is 0 Å². The summed E-state index contributed by atoms with van der Waals surface area (Å²) in [5.41, 5.74) is 1.39. The number of hydrogen-bond acceptors (Lipinski definition) is 2. The highest BCUT2D eigenvalue weighted by molar-refractivity contribution is 5.63. The zero-order chi connectivity index (χ0) is 9.97. The molecule has 1 aliphatic heterocycles. The smallest absolute Gasteiger partial charge is 0.0583 e. The Hall–Kier alpha value is -1.31. The number of rotatable bonds is 2. The minimum atomic E-state index is 0.525. The van der Waals surface area contributed by atoms with Crippen molar-refractivity contribution in [3.63, 3.8) is 0 Å². The van der Waals surface area contributed by atoms with Gasteiger partial charge in [0.2, 0.25) is 0 Å². The van der Waals surface area contributed by atoms with E-state index in [0.29, 0.717) is 12.0 Å². The molecule has 0 saturated heterocycles. The highest BCUT2D eigenvalue weighted by Gasteiger charge is 2.24. The topological polar surface area (TPSA) is 15.6 Å². The van der Waals surface area contributed by atoms with Gasteiger partial charge in [-0.25, -0.2) is 0 Å². The maximum Gasteiger partial charge on any atom is 0.0583 e. The minimum absolute atomic E-state index is 0.525. The number of likely N-dealkylation sites (N-methyl/N-ethyl adjacent to an activating group) is 1. The summed E-state index contributed by atoms with van der Waals surface area (Å²) in [6, 6.07) is 11.1. The number of hydrazone groups is 1. The maximum absolute atomic E-state index is 4.30. The molecule has 14 heavy (non-hydrogen) atoms. The number of benzene rings is 1. The summed E-state index contributed by atoms with van der Waals surface area (Å²) in [6.45, 7) is 2.22. The molecule has 1 heterocycles. The molecule has 0 aliphatic carbocycles. The van der Waals surface area contributed by atoms with Crippen LogP contribution < -0.4 is 0 Å². The van der Waals surface area contributed by atoms with Crippen molar-refractivity contribution in [3.05, 3.63) is 35.9 Å². The van der Waals surface area contributed by atoms with Crippen molar-refractivity contribution in [2.75, 3.05) is 7.05 Å². The average molecular weight is 188 g/mol. The molecular weight excluding hydrogens is 172 g/mol. The molecule has 0 radical (unpaired) electrons. The molecule has 1 aromatic carbocycles. The lowest BCUT2D eigenvalue weighted by atomic mass is 9.97. The van der Waals surface area contributed by atoms with Crippen LogP contribution in [-0.4, -0.2) is 24.3 Å². The van der Waals surface area contributed by atoms with E-state index in [1.54, 1.807) is 0 Å². The molecule has 2 nitrogen and oxygen atoms in total. The van der Waals surface area contributed by atoms with Gasteiger partial charge >= 0.3 is 0 Å². The van der Waals surface area contributed by atoms with Gasteiger partial charge in [-0.3, -0.25) is 5.01 Å². The number of hydrogen-bond donors (Lipinski definition) is 0. The molecule has 0 N–H and O–H groups in total. The third-order valence-corrected chi connectivity index (χ3v) is 2.86. The minimum Gasteiger partial charge on any atom is -0.296 e. The van der Waals surface area contributed by atoms with E-state index >= 15 is 0 Å². The molecular formula is C12H16N2. The molecule has 0 amide bonds. The molecule has 0 bridgehead atoms. The molecule has 0 aromatic heterocycles. The SMILES string of the molecule is CC1C=NN(C)C1Cc1ccccc1. The van der Waals surface area contributed by atoms with Crippen LogP contribution in [0.3, 0.4) is 0 Å². The van der Waals surface area contributed by atoms with E-state index in [4.69, 9.17) is 0 Å². The van der Waals surface area contributed by atoms with E-state index in [9.17, 15) is 0 Å². The third-order valence-electron chi connectivity index (χ3n) is 2.86. The predicted molar refractivity (Wildman–Crippen MR) is 59.4 cm³/mol. The molecule has 1 aliphatic rings. The molecule has 2 atom stereocenters. The van der Waals surface area contributed by atoms with Gasteiger partial charge in [0.25, 0.3) is 0 Å². The second-order valence-corrected chi connectivity index (χ2v) is 3.95. The fourth-order valence-electron chi connectivity index (χ4n) is 1.91. The van der Waals surface area contributed by atoms with E-state index in [1.807, 2.05) is 13.3 Å². The first-order valence-electron chi connectivity index (χ1n) is 5.08. The quantitative estimate of drug-likeness (QED) is 0.694. The van der Waals surface area contributed by atoms with Crippen molar-refractivity contribution in [2.45, 2.75) is 19.4 Å². The van der Waals surface area contributed by atoms with Crippen LogP contribution in [0.5, 0.6) is 0 Å². The lowest BCUT2D eigenvalue weighted by molar-refractivity contribution is 0.251. The van der Waals surface area contributed by atoms with Gasteiger partial charge in [0, 0.05) is 19.2 Å². The summed E-state index contributed by atoms with van der Waals surface area (Å²) in [5, 5.41) is 6.37. The first-order chi connectivity index (χ1) is 6.77. The number of nitrogens with zero attached hydrogens (tertiary/aromatic N) is 2. The Labute approximate surface area is 85.2 Å². The highest BCUT2D eigenvalue weighted by Crippen LogP contribution is 2.19. The largest absolute Gasteiger partial charge is 0.296 e. The fourth-order valence-corrected chi connectivity index (χ4v) is 1.91. The molecule has 0 saturated carbocycles. The van der Waals surface area contributed by atoms with Crippen LogP contribution in [0.15, 0.2) is 35.4 Å². The normalized spacial score (nSPS) is 25.7. The van der Waals surface area contributed by atoms with Gasteiger partial charge in [-0.2, -0.15) is 5.10 Å². The first kappa shape index (κ1) is 9.25. The molecule has 1 aromatic rings. The van der Waals surface area contributed by atoms with E-state index in [0.717, 1.165) is 6.42 Å². The van der Waals surface area contributed by atoms with Crippen molar-refractivity contribution in [2.24, 2.45) is 11.0 Å². The Bertz CT molecular complexity index is 306. The Kier molecular flexibility index (Phi) is 2.53. The molecule has 74 valence electrons. The second-order valence-electron chi connectivity index (χ2n) is 3.95. The fraction of sp³-hybridized carbons (Fsp3) is 0.417. The van der Waals surface area contributed by atoms with Crippen LogP contribution in [0.25, 0.3) is 0 Å². The molecule has 2 rings (SSSR count). The predicted octanol–water partition coefficient (Wildman–Crippen LogP) is 2.17.